The van der Waals surface area contributed by atoms with E-state index in [4.69, 9.17) is 27.1 Å². The van der Waals surface area contributed by atoms with Gasteiger partial charge in [0.2, 0.25) is 5.95 Å². The summed E-state index contributed by atoms with van der Waals surface area (Å²) in [4.78, 5) is 47.6. The molecule has 12 heteroatoms. The molecule has 1 unspecified atom stereocenters. The molecule has 3 aromatic rings. The van der Waals surface area contributed by atoms with E-state index in [1.54, 1.807) is 73.2 Å². The molecule has 1 saturated heterocycles. The maximum absolute atomic E-state index is 13.5. The first-order chi connectivity index (χ1) is 21.5. The fourth-order valence-corrected chi connectivity index (χ4v) is 5.44. The molecule has 0 bridgehead atoms. The molecule has 1 aliphatic rings. The minimum atomic E-state index is -0.837. The molecule has 1 aromatic heterocycles. The Kier molecular flexibility index (Phi) is 10.1. The first-order valence-electron chi connectivity index (χ1n) is 15.2. The third-order valence-electron chi connectivity index (χ3n) is 8.28. The predicted octanol–water partition coefficient (Wildman–Crippen LogP) is 5.99. The number of nitrogens with two attached hydrogens (primary N) is 1. The van der Waals surface area contributed by atoms with Gasteiger partial charge < -0.3 is 24.8 Å². The Balaban J connectivity index is 1.68. The van der Waals surface area contributed by atoms with Gasteiger partial charge in [0.05, 0.1) is 17.1 Å². The number of ether oxygens (including phenoxy) is 1. The van der Waals surface area contributed by atoms with Crippen molar-refractivity contribution in [2.24, 2.45) is 11.1 Å². The molecule has 3 amide bonds. The molecule has 1 aliphatic heterocycles. The van der Waals surface area contributed by atoms with Crippen LogP contribution in [-0.4, -0.2) is 68.5 Å². The van der Waals surface area contributed by atoms with Gasteiger partial charge in [-0.15, -0.1) is 0 Å². The van der Waals surface area contributed by atoms with E-state index in [2.05, 4.69) is 26.1 Å². The lowest BCUT2D eigenvalue weighted by Crippen LogP contribution is -2.44. The predicted molar refractivity (Wildman–Crippen MR) is 179 cm³/mol. The number of carbonyl (C=O) groups excluding carboxylic acids is 3. The average Bonchev–Trinajstić information content (AvgIpc) is 3.58. The van der Waals surface area contributed by atoms with Crippen LogP contribution in [0, 0.1) is 16.7 Å². The largest absolute Gasteiger partial charge is 0.415 e. The lowest BCUT2D eigenvalue weighted by Gasteiger charge is -2.34. The zero-order valence-electron chi connectivity index (χ0n) is 27.4. The van der Waals surface area contributed by atoms with Crippen molar-refractivity contribution >= 4 is 46.5 Å². The highest BCUT2D eigenvalue weighted by atomic mass is 35.5. The summed E-state index contributed by atoms with van der Waals surface area (Å²) in [5.74, 6) is -0.216. The van der Waals surface area contributed by atoms with Crippen molar-refractivity contribution < 1.29 is 19.1 Å². The van der Waals surface area contributed by atoms with E-state index < -0.39 is 17.5 Å². The molecule has 3 N–H and O–H groups in total. The molecule has 0 aliphatic carbocycles. The highest BCUT2D eigenvalue weighted by Crippen LogP contribution is 2.30. The van der Waals surface area contributed by atoms with Crippen LogP contribution in [0.25, 0.3) is 11.0 Å². The highest BCUT2D eigenvalue weighted by molar-refractivity contribution is 6.30. The summed E-state index contributed by atoms with van der Waals surface area (Å²) in [5.41, 5.74) is 6.63. The van der Waals surface area contributed by atoms with Crippen LogP contribution in [0.2, 0.25) is 5.02 Å². The van der Waals surface area contributed by atoms with Gasteiger partial charge >= 0.3 is 6.09 Å². The van der Waals surface area contributed by atoms with Crippen LogP contribution >= 0.6 is 11.6 Å². The maximum Gasteiger partial charge on any atom is 0.415 e. The van der Waals surface area contributed by atoms with Gasteiger partial charge in [0.15, 0.2) is 0 Å². The summed E-state index contributed by atoms with van der Waals surface area (Å²) < 4.78 is 7.54. The number of benzene rings is 2. The molecule has 0 spiro atoms. The van der Waals surface area contributed by atoms with Crippen LogP contribution in [0.5, 0.6) is 5.75 Å². The minimum absolute atomic E-state index is 0.0108. The second-order valence-corrected chi connectivity index (χ2v) is 13.9. The highest BCUT2D eigenvalue weighted by Gasteiger charge is 2.33. The van der Waals surface area contributed by atoms with Crippen LogP contribution in [0.3, 0.4) is 0 Å². The minimum Gasteiger partial charge on any atom is -0.410 e. The molecule has 0 radical (unpaired) electrons. The Morgan fingerprint density at radius 3 is 2.48 bits per heavy atom. The van der Waals surface area contributed by atoms with Crippen molar-refractivity contribution in [2.45, 2.75) is 78.6 Å². The van der Waals surface area contributed by atoms with Crippen LogP contribution in [0.4, 0.5) is 10.7 Å². The third-order valence-corrected chi connectivity index (χ3v) is 8.53. The van der Waals surface area contributed by atoms with E-state index in [1.807, 2.05) is 17.6 Å². The number of hydrogen-bond acceptors (Lipinski definition) is 7. The second kappa shape index (κ2) is 13.5. The second-order valence-electron chi connectivity index (χ2n) is 13.5. The van der Waals surface area contributed by atoms with Gasteiger partial charge in [-0.2, -0.15) is 5.26 Å². The van der Waals surface area contributed by atoms with E-state index >= 15 is 0 Å². The zero-order valence-corrected chi connectivity index (χ0v) is 28.2. The van der Waals surface area contributed by atoms with Gasteiger partial charge in [0, 0.05) is 48.4 Å². The Bertz CT molecular complexity index is 1690. The monoisotopic (exact) mass is 647 g/mol. The maximum atomic E-state index is 13.5. The van der Waals surface area contributed by atoms with Gasteiger partial charge in [-0.3, -0.25) is 14.9 Å². The van der Waals surface area contributed by atoms with Gasteiger partial charge in [-0.1, -0.05) is 32.4 Å². The van der Waals surface area contributed by atoms with Crippen molar-refractivity contribution in [3.8, 4) is 11.8 Å². The van der Waals surface area contributed by atoms with E-state index in [1.165, 1.54) is 6.08 Å². The number of likely N-dealkylation sites (tertiary alicyclic amines) is 1. The summed E-state index contributed by atoms with van der Waals surface area (Å²) >= 11 is 6.02. The van der Waals surface area contributed by atoms with Crippen molar-refractivity contribution in [2.75, 3.05) is 18.9 Å². The molecule has 0 saturated carbocycles. The average molecular weight is 648 g/mol. The lowest BCUT2D eigenvalue weighted by molar-refractivity contribution is -0.127. The number of halogens is 1. The lowest BCUT2D eigenvalue weighted by atomic mass is 9.87. The number of fused-ring (bicyclic) bond motifs is 1. The molecule has 244 valence electrons. The number of anilines is 1. The number of imidazole rings is 1. The molecule has 2 atom stereocenters. The fraction of sp³-hybridized carbons (Fsp3) is 0.441. The van der Waals surface area contributed by atoms with Crippen molar-refractivity contribution in [3.63, 3.8) is 0 Å². The molecule has 2 heterocycles. The van der Waals surface area contributed by atoms with Crippen LogP contribution < -0.4 is 15.8 Å². The van der Waals surface area contributed by atoms with Crippen molar-refractivity contribution in [1.29, 1.82) is 5.26 Å². The van der Waals surface area contributed by atoms with Gasteiger partial charge in [-0.05, 0) is 81.5 Å². The van der Waals surface area contributed by atoms with Gasteiger partial charge in [0.25, 0.3) is 11.8 Å². The molecule has 11 nitrogen and oxygen atoms in total. The van der Waals surface area contributed by atoms with E-state index in [-0.39, 0.29) is 34.9 Å². The Morgan fingerprint density at radius 1 is 1.20 bits per heavy atom. The normalized spacial score (nSPS) is 16.2. The quantitative estimate of drug-likeness (QED) is 0.226. The summed E-state index contributed by atoms with van der Waals surface area (Å²) in [6.45, 7) is 12.3. The number of nitrogens with one attached hydrogen (secondary N) is 1. The smallest absolute Gasteiger partial charge is 0.410 e. The Labute approximate surface area is 274 Å². The number of hydrogen-bond donors (Lipinski definition) is 2. The number of nitriles is 1. The first kappa shape index (κ1) is 34.5. The van der Waals surface area contributed by atoms with Gasteiger partial charge in [0.1, 0.15) is 17.4 Å². The third kappa shape index (κ3) is 8.05. The number of carbonyl (C=O) groups is 3. The molecule has 1 fully saturated rings. The van der Waals surface area contributed by atoms with Gasteiger partial charge in [-0.25, -0.2) is 9.78 Å². The van der Waals surface area contributed by atoms with Crippen LogP contribution in [0.15, 0.2) is 54.1 Å². The summed E-state index contributed by atoms with van der Waals surface area (Å²) in [7, 11) is 1.70. The zero-order chi connectivity index (χ0) is 34.0. The molecule has 46 heavy (non-hydrogen) atoms. The van der Waals surface area contributed by atoms with Crippen molar-refractivity contribution in [3.05, 3.63) is 64.7 Å². The number of rotatable bonds is 8. The van der Waals surface area contributed by atoms with E-state index in [0.717, 1.165) is 6.42 Å². The van der Waals surface area contributed by atoms with Crippen LogP contribution in [0.1, 0.15) is 64.7 Å². The summed E-state index contributed by atoms with van der Waals surface area (Å²) in [6.07, 6.45) is 2.42. The standard InChI is InChI=1S/C34H42ClN7O4/c1-21(33(2,3)4)40(7)32(45)46-26-14-15-28-27(17-26)38-31(39-29(43)22-10-12-24(35)13-11-22)42(28)20-25-9-8-16-41(25)30(44)23(19-36)18-34(5,6)37/h10-15,17-18,21,25H,8-9,16,20,37H2,1-7H3,(H,38,39,43)/t21-,25?/m0/s1. The molecular weight excluding hydrogens is 606 g/mol. The first-order valence-corrected chi connectivity index (χ1v) is 15.6. The topological polar surface area (TPSA) is 147 Å². The SMILES string of the molecule is C[C@H](N(C)C(=O)Oc1ccc2c(c1)nc(NC(=O)c1ccc(Cl)cc1)n2CC1CCCN1C(=O)C(C#N)=CC(C)(C)N)C(C)(C)C. The molecular formula is C34H42ClN7O4. The molecule has 4 rings (SSSR count). The van der Waals surface area contributed by atoms with Crippen molar-refractivity contribution in [1.82, 2.24) is 19.4 Å². The number of amides is 3. The van der Waals surface area contributed by atoms with E-state index in [9.17, 15) is 19.6 Å². The Hall–Kier alpha value is -4.40. The number of aromatic nitrogens is 2. The van der Waals surface area contributed by atoms with E-state index in [0.29, 0.717) is 46.9 Å². The fourth-order valence-electron chi connectivity index (χ4n) is 5.31. The Morgan fingerprint density at radius 2 is 1.87 bits per heavy atom. The summed E-state index contributed by atoms with van der Waals surface area (Å²) in [5, 5.41) is 13.1. The number of nitrogens with zero attached hydrogens (tertiary/aromatic N) is 5. The summed E-state index contributed by atoms with van der Waals surface area (Å²) in [6, 6.07) is 13.2. The van der Waals surface area contributed by atoms with Crippen LogP contribution in [-0.2, 0) is 11.3 Å². The molecule has 2 aromatic carbocycles.